The van der Waals surface area contributed by atoms with E-state index in [9.17, 15) is 0 Å². The Balaban J connectivity index is 0.00000147. The highest BCUT2D eigenvalue weighted by atomic mass is 35.5. The van der Waals surface area contributed by atoms with Gasteiger partial charge in [0.25, 0.3) is 5.89 Å². The SMILES string of the molecule is CC(C)n1ccc(-c2nc(C3(N)CCCC3)no2)n1.Cl. The third kappa shape index (κ3) is 2.58. The van der Waals surface area contributed by atoms with Crippen molar-refractivity contribution in [3.63, 3.8) is 0 Å². The molecule has 0 unspecified atom stereocenters. The highest BCUT2D eigenvalue weighted by Crippen LogP contribution is 2.35. The number of nitrogens with two attached hydrogens (primary N) is 1. The molecule has 7 heteroatoms. The minimum absolute atomic E-state index is 0. The Kier molecular flexibility index (Phi) is 4.15. The normalized spacial score (nSPS) is 17.4. The van der Waals surface area contributed by atoms with Gasteiger partial charge in [-0.1, -0.05) is 18.0 Å². The van der Waals surface area contributed by atoms with Crippen LogP contribution in [0.4, 0.5) is 0 Å². The molecule has 1 fully saturated rings. The van der Waals surface area contributed by atoms with Gasteiger partial charge >= 0.3 is 0 Å². The van der Waals surface area contributed by atoms with Crippen molar-refractivity contribution in [2.75, 3.05) is 0 Å². The fourth-order valence-corrected chi connectivity index (χ4v) is 2.50. The molecule has 1 aliphatic carbocycles. The fraction of sp³-hybridized carbons (Fsp3) is 0.615. The maximum atomic E-state index is 6.31. The summed E-state index contributed by atoms with van der Waals surface area (Å²) in [5.74, 6) is 1.06. The van der Waals surface area contributed by atoms with Crippen molar-refractivity contribution in [3.8, 4) is 11.6 Å². The van der Waals surface area contributed by atoms with Crippen LogP contribution in [-0.2, 0) is 5.54 Å². The van der Waals surface area contributed by atoms with Crippen molar-refractivity contribution < 1.29 is 4.52 Å². The number of halogens is 1. The van der Waals surface area contributed by atoms with Crippen molar-refractivity contribution in [3.05, 3.63) is 18.1 Å². The van der Waals surface area contributed by atoms with E-state index in [1.54, 1.807) is 0 Å². The summed E-state index contributed by atoms with van der Waals surface area (Å²) in [5, 5.41) is 8.46. The number of hydrogen-bond donors (Lipinski definition) is 1. The van der Waals surface area contributed by atoms with Gasteiger partial charge in [0.15, 0.2) is 11.5 Å². The van der Waals surface area contributed by atoms with Crippen LogP contribution < -0.4 is 5.73 Å². The van der Waals surface area contributed by atoms with Crippen LogP contribution >= 0.6 is 12.4 Å². The topological polar surface area (TPSA) is 82.8 Å². The van der Waals surface area contributed by atoms with Crippen molar-refractivity contribution in [1.29, 1.82) is 0 Å². The third-order valence-electron chi connectivity index (χ3n) is 3.72. The van der Waals surface area contributed by atoms with Crippen molar-refractivity contribution in [2.45, 2.75) is 51.1 Å². The quantitative estimate of drug-likeness (QED) is 0.941. The van der Waals surface area contributed by atoms with Gasteiger partial charge in [0.05, 0.1) is 5.54 Å². The smallest absolute Gasteiger partial charge is 0.278 e. The molecule has 0 radical (unpaired) electrons. The van der Waals surface area contributed by atoms with Gasteiger partial charge in [-0.05, 0) is 32.8 Å². The zero-order chi connectivity index (χ0) is 13.5. The molecular formula is C13H20ClN5O. The molecule has 6 nitrogen and oxygen atoms in total. The molecule has 2 aromatic rings. The van der Waals surface area contributed by atoms with Crippen molar-refractivity contribution in [1.82, 2.24) is 19.9 Å². The van der Waals surface area contributed by atoms with Crippen LogP contribution in [0.25, 0.3) is 11.6 Å². The van der Waals surface area contributed by atoms with E-state index in [0.717, 1.165) is 25.7 Å². The maximum absolute atomic E-state index is 6.31. The van der Waals surface area contributed by atoms with E-state index in [1.165, 1.54) is 0 Å². The average Bonchev–Trinajstić information content (AvgIpc) is 3.08. The van der Waals surface area contributed by atoms with Crippen LogP contribution in [0.1, 0.15) is 51.4 Å². The number of hydrogen-bond acceptors (Lipinski definition) is 5. The molecule has 0 aliphatic heterocycles. The van der Waals surface area contributed by atoms with Gasteiger partial charge in [-0.25, -0.2) is 0 Å². The largest absolute Gasteiger partial charge is 0.332 e. The second-order valence-corrected chi connectivity index (χ2v) is 5.56. The standard InChI is InChI=1S/C13H19N5O.ClH/c1-9(2)18-8-5-10(16-18)11-15-12(17-19-11)13(14)6-3-4-7-13;/h5,8-9H,3-4,6-7,14H2,1-2H3;1H. The monoisotopic (exact) mass is 297 g/mol. The Hall–Kier alpha value is -1.40. The van der Waals surface area contributed by atoms with Gasteiger partial charge in [-0.3, -0.25) is 4.68 Å². The molecule has 0 bridgehead atoms. The lowest BCUT2D eigenvalue weighted by atomic mass is 9.99. The number of nitrogens with zero attached hydrogens (tertiary/aromatic N) is 4. The van der Waals surface area contributed by atoms with Gasteiger partial charge in [-0.15, -0.1) is 12.4 Å². The minimum Gasteiger partial charge on any atom is -0.332 e. The Morgan fingerprint density at radius 2 is 2.05 bits per heavy atom. The van der Waals surface area contributed by atoms with E-state index in [1.807, 2.05) is 16.9 Å². The maximum Gasteiger partial charge on any atom is 0.278 e. The van der Waals surface area contributed by atoms with E-state index in [2.05, 4.69) is 29.1 Å². The van der Waals surface area contributed by atoms with Gasteiger partial charge in [0.2, 0.25) is 0 Å². The van der Waals surface area contributed by atoms with Crippen molar-refractivity contribution in [2.24, 2.45) is 5.73 Å². The van der Waals surface area contributed by atoms with Crippen molar-refractivity contribution >= 4 is 12.4 Å². The highest BCUT2D eigenvalue weighted by molar-refractivity contribution is 5.85. The van der Waals surface area contributed by atoms with Crippen LogP contribution in [0, 0.1) is 0 Å². The highest BCUT2D eigenvalue weighted by Gasteiger charge is 2.36. The van der Waals surface area contributed by atoms with Crippen LogP contribution in [-0.4, -0.2) is 19.9 Å². The Morgan fingerprint density at radius 1 is 1.35 bits per heavy atom. The lowest BCUT2D eigenvalue weighted by Crippen LogP contribution is -2.34. The number of rotatable bonds is 3. The predicted octanol–water partition coefficient (Wildman–Crippen LogP) is 2.66. The molecule has 0 spiro atoms. The van der Waals surface area contributed by atoms with E-state index in [0.29, 0.717) is 23.5 Å². The van der Waals surface area contributed by atoms with Crippen LogP contribution in [0.3, 0.4) is 0 Å². The average molecular weight is 298 g/mol. The molecule has 110 valence electrons. The summed E-state index contributed by atoms with van der Waals surface area (Å²) in [7, 11) is 0. The molecular weight excluding hydrogens is 278 g/mol. The molecule has 2 aromatic heterocycles. The molecule has 1 saturated carbocycles. The zero-order valence-corrected chi connectivity index (χ0v) is 12.6. The van der Waals surface area contributed by atoms with E-state index in [-0.39, 0.29) is 12.4 Å². The van der Waals surface area contributed by atoms with E-state index < -0.39 is 5.54 Å². The summed E-state index contributed by atoms with van der Waals surface area (Å²) in [6, 6.07) is 2.20. The van der Waals surface area contributed by atoms with Crippen LogP contribution in [0.15, 0.2) is 16.8 Å². The molecule has 1 aliphatic rings. The van der Waals surface area contributed by atoms with Gasteiger partial charge < -0.3 is 10.3 Å². The first kappa shape index (κ1) is 15.0. The molecule has 0 aromatic carbocycles. The first-order valence-electron chi connectivity index (χ1n) is 6.77. The minimum atomic E-state index is -0.414. The summed E-state index contributed by atoms with van der Waals surface area (Å²) in [6.07, 6.45) is 6.02. The molecule has 2 N–H and O–H groups in total. The zero-order valence-electron chi connectivity index (χ0n) is 11.7. The Morgan fingerprint density at radius 3 is 2.65 bits per heavy atom. The van der Waals surface area contributed by atoms with E-state index >= 15 is 0 Å². The van der Waals surface area contributed by atoms with Gasteiger partial charge in [-0.2, -0.15) is 10.1 Å². The van der Waals surface area contributed by atoms with Gasteiger partial charge in [0.1, 0.15) is 0 Å². The molecule has 0 saturated heterocycles. The second kappa shape index (κ2) is 5.54. The molecule has 0 atom stereocenters. The lowest BCUT2D eigenvalue weighted by molar-refractivity contribution is 0.372. The molecule has 20 heavy (non-hydrogen) atoms. The summed E-state index contributed by atoms with van der Waals surface area (Å²) in [5.41, 5.74) is 6.60. The summed E-state index contributed by atoms with van der Waals surface area (Å²) >= 11 is 0. The Labute approximate surface area is 124 Å². The van der Waals surface area contributed by atoms with Gasteiger partial charge in [0, 0.05) is 12.2 Å². The van der Waals surface area contributed by atoms with Crippen LogP contribution in [0.5, 0.6) is 0 Å². The summed E-state index contributed by atoms with van der Waals surface area (Å²) in [4.78, 5) is 4.43. The predicted molar refractivity (Wildman–Crippen MR) is 77.5 cm³/mol. The van der Waals surface area contributed by atoms with Crippen LogP contribution in [0.2, 0.25) is 0 Å². The molecule has 2 heterocycles. The third-order valence-corrected chi connectivity index (χ3v) is 3.72. The lowest BCUT2D eigenvalue weighted by Gasteiger charge is -2.17. The number of aromatic nitrogens is 4. The summed E-state index contributed by atoms with van der Waals surface area (Å²) in [6.45, 7) is 4.15. The second-order valence-electron chi connectivity index (χ2n) is 5.56. The first-order chi connectivity index (χ1) is 9.08. The van der Waals surface area contributed by atoms with E-state index in [4.69, 9.17) is 10.3 Å². The molecule has 3 rings (SSSR count). The molecule has 0 amide bonds. The Bertz CT molecular complexity index is 571. The first-order valence-corrected chi connectivity index (χ1v) is 6.77. The summed E-state index contributed by atoms with van der Waals surface area (Å²) < 4.78 is 7.17. The fourth-order valence-electron chi connectivity index (χ4n) is 2.50.